The Bertz CT molecular complexity index is 664. The van der Waals surface area contributed by atoms with Crippen molar-refractivity contribution >= 4 is 5.91 Å². The average Bonchev–Trinajstić information content (AvgIpc) is 2.45. The summed E-state index contributed by atoms with van der Waals surface area (Å²) in [4.78, 5) is 25.4. The standard InChI is InChI=1S/C12H8F3N3O4/c13-12(14,15)22-21-10-8(9(16)19)6-17-11(18-10)20-7-4-2-1-3-5-7/h1-6H,(H2,16,19). The van der Waals surface area contributed by atoms with E-state index in [0.29, 0.717) is 5.75 Å². The number of nitrogens with zero attached hydrogens (tertiary/aromatic N) is 2. The first-order valence-corrected chi connectivity index (χ1v) is 5.67. The Morgan fingerprint density at radius 3 is 2.45 bits per heavy atom. The van der Waals surface area contributed by atoms with Gasteiger partial charge in [-0.2, -0.15) is 4.98 Å². The van der Waals surface area contributed by atoms with Crippen LogP contribution in [0, 0.1) is 0 Å². The number of alkyl halides is 3. The third kappa shape index (κ3) is 4.31. The first-order valence-electron chi connectivity index (χ1n) is 5.67. The summed E-state index contributed by atoms with van der Waals surface area (Å²) < 4.78 is 41.1. The molecule has 2 aromatic rings. The minimum Gasteiger partial charge on any atom is -0.424 e. The van der Waals surface area contributed by atoms with Crippen LogP contribution in [0.15, 0.2) is 36.5 Å². The molecular formula is C12H8F3N3O4. The van der Waals surface area contributed by atoms with Crippen molar-refractivity contribution in [2.45, 2.75) is 6.36 Å². The molecule has 0 radical (unpaired) electrons. The van der Waals surface area contributed by atoms with Gasteiger partial charge in [0.25, 0.3) is 11.8 Å². The third-order valence-corrected chi connectivity index (χ3v) is 2.16. The van der Waals surface area contributed by atoms with E-state index in [9.17, 15) is 18.0 Å². The van der Waals surface area contributed by atoms with E-state index in [1.54, 1.807) is 30.3 Å². The molecule has 0 aliphatic heterocycles. The molecule has 1 amide bonds. The van der Waals surface area contributed by atoms with Crippen molar-refractivity contribution in [3.05, 3.63) is 42.1 Å². The zero-order chi connectivity index (χ0) is 16.2. The van der Waals surface area contributed by atoms with Gasteiger partial charge in [-0.3, -0.25) is 4.79 Å². The minimum absolute atomic E-state index is 0.331. The fourth-order valence-electron chi connectivity index (χ4n) is 1.31. The molecule has 116 valence electrons. The Kier molecular flexibility index (Phi) is 4.41. The summed E-state index contributed by atoms with van der Waals surface area (Å²) in [6, 6.07) is 7.84. The fraction of sp³-hybridized carbons (Fsp3) is 0.0833. The molecule has 2 rings (SSSR count). The molecule has 0 fully saturated rings. The van der Waals surface area contributed by atoms with Crippen molar-refractivity contribution in [2.24, 2.45) is 5.73 Å². The maximum absolute atomic E-state index is 12.0. The topological polar surface area (TPSA) is 96.6 Å². The van der Waals surface area contributed by atoms with E-state index < -0.39 is 23.7 Å². The number of benzene rings is 1. The monoisotopic (exact) mass is 315 g/mol. The van der Waals surface area contributed by atoms with Crippen LogP contribution in [0.5, 0.6) is 17.6 Å². The van der Waals surface area contributed by atoms with Crippen LogP contribution in [0.4, 0.5) is 13.2 Å². The Hall–Kier alpha value is -2.88. The molecule has 0 saturated heterocycles. The Morgan fingerprint density at radius 2 is 1.86 bits per heavy atom. The van der Waals surface area contributed by atoms with Gasteiger partial charge in [0.2, 0.25) is 0 Å². The zero-order valence-electron chi connectivity index (χ0n) is 10.7. The highest BCUT2D eigenvalue weighted by Gasteiger charge is 2.33. The summed E-state index contributed by atoms with van der Waals surface area (Å²) >= 11 is 0. The van der Waals surface area contributed by atoms with Crippen LogP contribution in [-0.4, -0.2) is 22.2 Å². The first-order chi connectivity index (χ1) is 10.3. The number of halogens is 3. The largest absolute Gasteiger partial charge is 0.558 e. The van der Waals surface area contributed by atoms with E-state index in [4.69, 9.17) is 10.5 Å². The molecular weight excluding hydrogens is 307 g/mol. The van der Waals surface area contributed by atoms with Crippen LogP contribution in [0.25, 0.3) is 0 Å². The highest BCUT2D eigenvalue weighted by Crippen LogP contribution is 2.24. The Labute approximate surface area is 121 Å². The van der Waals surface area contributed by atoms with E-state index in [1.807, 2.05) is 0 Å². The predicted molar refractivity (Wildman–Crippen MR) is 64.8 cm³/mol. The van der Waals surface area contributed by atoms with Crippen molar-refractivity contribution in [3.8, 4) is 17.6 Å². The van der Waals surface area contributed by atoms with Gasteiger partial charge in [0.1, 0.15) is 11.3 Å². The molecule has 1 heterocycles. The van der Waals surface area contributed by atoms with Gasteiger partial charge in [-0.1, -0.05) is 23.1 Å². The number of nitrogens with two attached hydrogens (primary N) is 1. The second-order valence-corrected chi connectivity index (χ2v) is 3.76. The molecule has 0 aliphatic carbocycles. The third-order valence-electron chi connectivity index (χ3n) is 2.16. The molecule has 22 heavy (non-hydrogen) atoms. The molecule has 0 aliphatic rings. The van der Waals surface area contributed by atoms with Crippen LogP contribution >= 0.6 is 0 Å². The van der Waals surface area contributed by atoms with Crippen LogP contribution in [0.3, 0.4) is 0 Å². The smallest absolute Gasteiger partial charge is 0.424 e. The second-order valence-electron chi connectivity index (χ2n) is 3.76. The molecule has 1 aromatic carbocycles. The molecule has 0 bridgehead atoms. The number of hydrogen-bond donors (Lipinski definition) is 1. The minimum atomic E-state index is -5.08. The van der Waals surface area contributed by atoms with Crippen molar-refractivity contribution in [1.82, 2.24) is 9.97 Å². The Morgan fingerprint density at radius 1 is 1.18 bits per heavy atom. The van der Waals surface area contributed by atoms with Gasteiger partial charge in [-0.25, -0.2) is 4.98 Å². The van der Waals surface area contributed by atoms with Gasteiger partial charge < -0.3 is 15.4 Å². The van der Waals surface area contributed by atoms with E-state index in [1.165, 1.54) is 0 Å². The Balaban J connectivity index is 2.24. The van der Waals surface area contributed by atoms with Crippen LogP contribution < -0.4 is 15.4 Å². The number of carbonyl (C=O) groups is 1. The molecule has 10 heteroatoms. The number of rotatable bonds is 5. The van der Waals surface area contributed by atoms with Gasteiger partial charge in [0, 0.05) is 0 Å². The summed E-state index contributed by atoms with van der Waals surface area (Å²) in [7, 11) is 0. The van der Waals surface area contributed by atoms with E-state index in [2.05, 4.69) is 19.7 Å². The van der Waals surface area contributed by atoms with E-state index in [0.717, 1.165) is 6.20 Å². The molecule has 7 nitrogen and oxygen atoms in total. The molecule has 0 spiro atoms. The highest BCUT2D eigenvalue weighted by molar-refractivity contribution is 5.94. The zero-order valence-corrected chi connectivity index (χ0v) is 10.7. The number of aromatic nitrogens is 2. The van der Waals surface area contributed by atoms with Gasteiger partial charge in [0.15, 0.2) is 0 Å². The van der Waals surface area contributed by atoms with Gasteiger partial charge in [-0.05, 0) is 12.1 Å². The quantitative estimate of drug-likeness (QED) is 0.671. The summed E-state index contributed by atoms with van der Waals surface area (Å²) in [6.45, 7) is 0. The van der Waals surface area contributed by atoms with Crippen LogP contribution in [-0.2, 0) is 4.89 Å². The normalized spacial score (nSPS) is 11.0. The van der Waals surface area contributed by atoms with Gasteiger partial charge in [0.05, 0.1) is 6.20 Å². The number of carbonyl (C=O) groups excluding carboxylic acids is 1. The highest BCUT2D eigenvalue weighted by atomic mass is 19.4. The summed E-state index contributed by atoms with van der Waals surface area (Å²) in [5.74, 6) is -1.57. The predicted octanol–water partition coefficient (Wildman–Crippen LogP) is 2.20. The van der Waals surface area contributed by atoms with Crippen molar-refractivity contribution in [1.29, 1.82) is 0 Å². The summed E-state index contributed by atoms with van der Waals surface area (Å²) in [5, 5.41) is 0. The molecule has 1 aromatic heterocycles. The maximum atomic E-state index is 12.0. The number of primary amides is 1. The molecule has 0 atom stereocenters. The number of amides is 1. The summed E-state index contributed by atoms with van der Waals surface area (Å²) in [6.07, 6.45) is -4.22. The van der Waals surface area contributed by atoms with Gasteiger partial charge in [-0.15, -0.1) is 13.2 Å². The summed E-state index contributed by atoms with van der Waals surface area (Å²) in [5.41, 5.74) is 4.48. The first kappa shape index (κ1) is 15.5. The van der Waals surface area contributed by atoms with Crippen LogP contribution in [0.2, 0.25) is 0 Å². The van der Waals surface area contributed by atoms with Gasteiger partial charge >= 0.3 is 12.4 Å². The molecule has 0 unspecified atom stereocenters. The lowest BCUT2D eigenvalue weighted by Crippen LogP contribution is -2.20. The van der Waals surface area contributed by atoms with E-state index >= 15 is 0 Å². The maximum Gasteiger partial charge on any atom is 0.558 e. The van der Waals surface area contributed by atoms with Crippen LogP contribution in [0.1, 0.15) is 10.4 Å². The molecule has 2 N–H and O–H groups in total. The van der Waals surface area contributed by atoms with Crippen molar-refractivity contribution < 1.29 is 32.5 Å². The molecule has 0 saturated carbocycles. The number of hydrogen-bond acceptors (Lipinski definition) is 6. The second kappa shape index (κ2) is 6.26. The lowest BCUT2D eigenvalue weighted by molar-refractivity contribution is -0.446. The SMILES string of the molecule is NC(=O)c1cnc(Oc2ccccc2)nc1OOC(F)(F)F. The fourth-order valence-corrected chi connectivity index (χ4v) is 1.31. The van der Waals surface area contributed by atoms with Crippen molar-refractivity contribution in [3.63, 3.8) is 0 Å². The number of para-hydroxylation sites is 1. The van der Waals surface area contributed by atoms with Crippen molar-refractivity contribution in [2.75, 3.05) is 0 Å². The number of ether oxygens (including phenoxy) is 1. The lowest BCUT2D eigenvalue weighted by Gasteiger charge is -2.09. The lowest BCUT2D eigenvalue weighted by atomic mass is 10.3. The average molecular weight is 315 g/mol. The van der Waals surface area contributed by atoms with E-state index in [-0.39, 0.29) is 6.01 Å².